The predicted octanol–water partition coefficient (Wildman–Crippen LogP) is 6.76. The molecule has 2 saturated heterocycles. The molecule has 2 unspecified atom stereocenters. The minimum atomic E-state index is -4.78. The Balaban J connectivity index is 1.68. The second-order valence-corrected chi connectivity index (χ2v) is 10.0. The molecule has 4 nitrogen and oxygen atoms in total. The normalized spacial score (nSPS) is 21.9. The third-order valence-corrected chi connectivity index (χ3v) is 7.65. The fraction of sp³-hybridized carbons (Fsp3) is 0.519. The standard InChI is InChI=1S/C27H32F5N3O/c1-17-8-5-6-9-22(17)24-23-10-7-11-34(23)12-13-35(24)25(36)33(4)18(2)19-14-20(26(3,28)29)16-21(15-19)27(30,31)32/h5-6,8-9,14-16,18,23-24H,7,10-13H2,1-4H3/t18-,23?,24?/m1/s1. The van der Waals surface area contributed by atoms with Crippen LogP contribution < -0.4 is 0 Å². The molecule has 2 aliphatic rings. The van der Waals surface area contributed by atoms with Crippen molar-refractivity contribution in [1.82, 2.24) is 14.7 Å². The van der Waals surface area contributed by atoms with E-state index in [2.05, 4.69) is 4.90 Å². The van der Waals surface area contributed by atoms with E-state index in [-0.39, 0.29) is 23.7 Å². The van der Waals surface area contributed by atoms with Gasteiger partial charge < -0.3 is 9.80 Å². The Labute approximate surface area is 208 Å². The number of benzene rings is 2. The summed E-state index contributed by atoms with van der Waals surface area (Å²) in [6, 6.07) is 9.11. The molecule has 0 aliphatic carbocycles. The summed E-state index contributed by atoms with van der Waals surface area (Å²) in [5.74, 6) is -3.45. The Morgan fingerprint density at radius 3 is 2.33 bits per heavy atom. The molecule has 2 fully saturated rings. The lowest BCUT2D eigenvalue weighted by molar-refractivity contribution is -0.137. The summed E-state index contributed by atoms with van der Waals surface area (Å²) < 4.78 is 68.7. The molecule has 196 valence electrons. The molecule has 2 amide bonds. The van der Waals surface area contributed by atoms with Gasteiger partial charge in [-0.3, -0.25) is 4.90 Å². The van der Waals surface area contributed by atoms with E-state index < -0.39 is 29.3 Å². The number of amides is 2. The van der Waals surface area contributed by atoms with Crippen molar-refractivity contribution in [1.29, 1.82) is 0 Å². The molecule has 3 atom stereocenters. The number of halogens is 5. The maximum atomic E-state index is 14.1. The fourth-order valence-corrected chi connectivity index (χ4v) is 5.48. The van der Waals surface area contributed by atoms with Crippen molar-refractivity contribution in [2.24, 2.45) is 0 Å². The van der Waals surface area contributed by atoms with Gasteiger partial charge in [-0.2, -0.15) is 13.2 Å². The van der Waals surface area contributed by atoms with Crippen molar-refractivity contribution >= 4 is 6.03 Å². The van der Waals surface area contributed by atoms with Crippen LogP contribution in [0.2, 0.25) is 0 Å². The minimum absolute atomic E-state index is 0.0177. The molecule has 2 aliphatic heterocycles. The van der Waals surface area contributed by atoms with Gasteiger partial charge in [-0.25, -0.2) is 13.6 Å². The number of fused-ring (bicyclic) bond motifs is 1. The van der Waals surface area contributed by atoms with Crippen LogP contribution in [0.25, 0.3) is 0 Å². The zero-order valence-electron chi connectivity index (χ0n) is 20.9. The van der Waals surface area contributed by atoms with Gasteiger partial charge in [0.2, 0.25) is 0 Å². The number of carbonyl (C=O) groups excluding carboxylic acids is 1. The highest BCUT2D eigenvalue weighted by Gasteiger charge is 2.44. The fourth-order valence-electron chi connectivity index (χ4n) is 5.48. The second-order valence-electron chi connectivity index (χ2n) is 10.0. The molecule has 2 aromatic rings. The van der Waals surface area contributed by atoms with E-state index in [1.165, 1.54) is 11.9 Å². The van der Waals surface area contributed by atoms with Gasteiger partial charge in [0.1, 0.15) is 0 Å². The maximum Gasteiger partial charge on any atom is 0.416 e. The number of alkyl halides is 5. The molecular formula is C27H32F5N3O. The highest BCUT2D eigenvalue weighted by atomic mass is 19.4. The van der Waals surface area contributed by atoms with Gasteiger partial charge in [0.25, 0.3) is 5.92 Å². The summed E-state index contributed by atoms with van der Waals surface area (Å²) in [6.45, 7) is 6.31. The summed E-state index contributed by atoms with van der Waals surface area (Å²) >= 11 is 0. The van der Waals surface area contributed by atoms with Crippen molar-refractivity contribution in [2.45, 2.75) is 63.8 Å². The van der Waals surface area contributed by atoms with Crippen LogP contribution in [-0.4, -0.2) is 53.5 Å². The quantitative estimate of drug-likeness (QED) is 0.426. The smallest absolute Gasteiger partial charge is 0.321 e. The van der Waals surface area contributed by atoms with Crippen molar-refractivity contribution in [3.63, 3.8) is 0 Å². The maximum absolute atomic E-state index is 14.1. The monoisotopic (exact) mass is 509 g/mol. The molecule has 2 heterocycles. The van der Waals surface area contributed by atoms with Crippen LogP contribution in [0.5, 0.6) is 0 Å². The van der Waals surface area contributed by atoms with Crippen LogP contribution in [0.15, 0.2) is 42.5 Å². The average Bonchev–Trinajstić information content (AvgIpc) is 3.30. The third-order valence-electron chi connectivity index (χ3n) is 7.65. The molecule has 9 heteroatoms. The first-order valence-corrected chi connectivity index (χ1v) is 12.2. The van der Waals surface area contributed by atoms with Gasteiger partial charge >= 0.3 is 12.2 Å². The molecule has 2 aromatic carbocycles. The average molecular weight is 510 g/mol. The van der Waals surface area contributed by atoms with E-state index >= 15 is 0 Å². The number of piperazine rings is 1. The first kappa shape index (κ1) is 26.4. The molecule has 36 heavy (non-hydrogen) atoms. The lowest BCUT2D eigenvalue weighted by atomic mass is 9.90. The van der Waals surface area contributed by atoms with E-state index in [0.29, 0.717) is 19.5 Å². The molecule has 0 N–H and O–H groups in total. The van der Waals surface area contributed by atoms with Gasteiger partial charge in [-0.05, 0) is 68.1 Å². The van der Waals surface area contributed by atoms with Gasteiger partial charge in [0.15, 0.2) is 0 Å². The van der Waals surface area contributed by atoms with Crippen LogP contribution in [0.3, 0.4) is 0 Å². The highest BCUT2D eigenvalue weighted by Crippen LogP contribution is 2.40. The van der Waals surface area contributed by atoms with Gasteiger partial charge in [0.05, 0.1) is 17.6 Å². The minimum Gasteiger partial charge on any atom is -0.321 e. The SMILES string of the molecule is Cc1ccccc1C1C2CCCN2CCN1C(=O)N(C)[C@H](C)c1cc(C(C)(F)F)cc(C(F)(F)F)c1. The first-order chi connectivity index (χ1) is 16.8. The van der Waals surface area contributed by atoms with Crippen LogP contribution in [-0.2, 0) is 12.1 Å². The second kappa shape index (κ2) is 9.65. The van der Waals surface area contributed by atoms with E-state index in [1.807, 2.05) is 31.2 Å². The molecular weight excluding hydrogens is 477 g/mol. The van der Waals surface area contributed by atoms with E-state index in [4.69, 9.17) is 0 Å². The Bertz CT molecular complexity index is 1080. The molecule has 0 bridgehead atoms. The Morgan fingerprint density at radius 2 is 1.69 bits per heavy atom. The number of carbonyl (C=O) groups is 1. The van der Waals surface area contributed by atoms with Crippen LogP contribution in [0.4, 0.5) is 26.7 Å². The zero-order chi connectivity index (χ0) is 26.4. The lowest BCUT2D eigenvalue weighted by Crippen LogP contribution is -2.56. The van der Waals surface area contributed by atoms with E-state index in [1.54, 1.807) is 11.8 Å². The molecule has 0 radical (unpaired) electrons. The van der Waals surface area contributed by atoms with Crippen molar-refractivity contribution in [3.05, 3.63) is 70.3 Å². The van der Waals surface area contributed by atoms with Crippen LogP contribution >= 0.6 is 0 Å². The summed E-state index contributed by atoms with van der Waals surface area (Å²) in [5, 5.41) is 0. The summed E-state index contributed by atoms with van der Waals surface area (Å²) in [7, 11) is 1.52. The first-order valence-electron chi connectivity index (χ1n) is 12.2. The van der Waals surface area contributed by atoms with Crippen molar-refractivity contribution < 1.29 is 26.7 Å². The molecule has 0 spiro atoms. The highest BCUT2D eigenvalue weighted by molar-refractivity contribution is 5.76. The van der Waals surface area contributed by atoms with Crippen LogP contribution in [0, 0.1) is 6.92 Å². The van der Waals surface area contributed by atoms with E-state index in [9.17, 15) is 26.7 Å². The summed E-state index contributed by atoms with van der Waals surface area (Å²) in [4.78, 5) is 19.4. The number of nitrogens with zero attached hydrogens (tertiary/aromatic N) is 3. The number of hydrogen-bond donors (Lipinski definition) is 0. The molecule has 0 saturated carbocycles. The van der Waals surface area contributed by atoms with Gasteiger partial charge in [0, 0.05) is 38.7 Å². The van der Waals surface area contributed by atoms with Crippen molar-refractivity contribution in [3.8, 4) is 0 Å². The van der Waals surface area contributed by atoms with E-state index in [0.717, 1.165) is 49.2 Å². The Morgan fingerprint density at radius 1 is 1.03 bits per heavy atom. The molecule has 0 aromatic heterocycles. The summed E-state index contributed by atoms with van der Waals surface area (Å²) in [5.41, 5.74) is 0.260. The lowest BCUT2D eigenvalue weighted by Gasteiger charge is -2.47. The largest absolute Gasteiger partial charge is 0.416 e. The number of hydrogen-bond acceptors (Lipinski definition) is 2. The Kier molecular flexibility index (Phi) is 7.07. The number of aryl methyl sites for hydroxylation is 1. The van der Waals surface area contributed by atoms with Gasteiger partial charge in [-0.1, -0.05) is 24.3 Å². The predicted molar refractivity (Wildman–Crippen MR) is 128 cm³/mol. The van der Waals surface area contributed by atoms with Gasteiger partial charge in [-0.15, -0.1) is 0 Å². The third kappa shape index (κ3) is 5.08. The van der Waals surface area contributed by atoms with Crippen LogP contribution in [0.1, 0.15) is 66.6 Å². The summed E-state index contributed by atoms with van der Waals surface area (Å²) in [6.07, 6.45) is -2.79. The topological polar surface area (TPSA) is 26.8 Å². The number of rotatable bonds is 4. The zero-order valence-corrected chi connectivity index (χ0v) is 20.9. The molecule has 4 rings (SSSR count). The number of urea groups is 1. The van der Waals surface area contributed by atoms with Crippen molar-refractivity contribution in [2.75, 3.05) is 26.7 Å². The Hall–Kier alpha value is -2.68.